The van der Waals surface area contributed by atoms with Crippen LogP contribution in [0.15, 0.2) is 36.4 Å². The summed E-state index contributed by atoms with van der Waals surface area (Å²) in [6, 6.07) is 8.45. The van der Waals surface area contributed by atoms with Gasteiger partial charge in [0.15, 0.2) is 0 Å². The normalized spacial score (nSPS) is 11.6. The van der Waals surface area contributed by atoms with E-state index < -0.39 is 11.7 Å². The number of alkyl halides is 3. The molecule has 0 amide bonds. The summed E-state index contributed by atoms with van der Waals surface area (Å²) in [6.45, 7) is 0. The van der Waals surface area contributed by atoms with Crippen molar-refractivity contribution in [1.82, 2.24) is 4.98 Å². The Morgan fingerprint density at radius 2 is 1.83 bits per heavy atom. The number of hydrogen-bond acceptors (Lipinski definition) is 1. The number of nitrogens with one attached hydrogen (secondary N) is 1. The lowest BCUT2D eigenvalue weighted by molar-refractivity contribution is -0.137. The highest BCUT2D eigenvalue weighted by Gasteiger charge is 2.31. The van der Waals surface area contributed by atoms with Crippen LogP contribution in [0.1, 0.15) is 5.56 Å². The second kappa shape index (κ2) is 4.74. The van der Waals surface area contributed by atoms with Gasteiger partial charge in [-0.05, 0) is 29.8 Å². The fourth-order valence-corrected chi connectivity index (χ4v) is 1.95. The monoisotopic (exact) mass is 289 g/mol. The average molecular weight is 290 g/mol. The lowest BCUT2D eigenvalue weighted by Gasteiger charge is -2.09. The molecule has 18 heavy (non-hydrogen) atoms. The lowest BCUT2D eigenvalue weighted by atomic mass is 10.1. The molecule has 0 unspecified atom stereocenters. The molecule has 1 nitrogen and oxygen atoms in total. The van der Waals surface area contributed by atoms with Crippen molar-refractivity contribution in [2.45, 2.75) is 6.18 Å². The van der Waals surface area contributed by atoms with E-state index in [0.717, 1.165) is 12.1 Å². The van der Waals surface area contributed by atoms with Gasteiger partial charge in [0.05, 0.1) is 5.56 Å². The first-order chi connectivity index (χ1) is 8.36. The van der Waals surface area contributed by atoms with Crippen LogP contribution < -0.4 is 0 Å². The summed E-state index contributed by atoms with van der Waals surface area (Å²) in [6.07, 6.45) is -4.42. The summed E-state index contributed by atoms with van der Waals surface area (Å²) in [4.78, 5) is 2.72. The molecule has 0 aliphatic rings. The van der Waals surface area contributed by atoms with Gasteiger partial charge in [0.1, 0.15) is 4.64 Å². The number of benzene rings is 1. The maximum atomic E-state index is 12.7. The molecule has 1 N–H and O–H groups in total. The summed E-state index contributed by atoms with van der Waals surface area (Å²) in [5.41, 5.74) is 0.0678. The van der Waals surface area contributed by atoms with E-state index in [9.17, 15) is 13.2 Å². The molecule has 0 atom stereocenters. The van der Waals surface area contributed by atoms with Gasteiger partial charge in [-0.1, -0.05) is 36.0 Å². The summed E-state index contributed by atoms with van der Waals surface area (Å²) in [5.74, 6) is 0. The Morgan fingerprint density at radius 3 is 2.44 bits per heavy atom. The molecule has 0 saturated carbocycles. The van der Waals surface area contributed by atoms with E-state index in [1.165, 1.54) is 0 Å². The van der Waals surface area contributed by atoms with Crippen LogP contribution in [0.25, 0.3) is 11.3 Å². The van der Waals surface area contributed by atoms with Crippen LogP contribution in [0, 0.1) is 4.64 Å². The molecule has 2 rings (SSSR count). The Hall–Kier alpha value is -1.33. The van der Waals surface area contributed by atoms with Gasteiger partial charge in [-0.25, -0.2) is 0 Å². The minimum Gasteiger partial charge on any atom is -0.346 e. The number of H-pyrrole nitrogens is 1. The first kappa shape index (κ1) is 13.1. The highest BCUT2D eigenvalue weighted by Crippen LogP contribution is 2.31. The van der Waals surface area contributed by atoms with Gasteiger partial charge in [0.2, 0.25) is 0 Å². The predicted octanol–water partition coefficient (Wildman–Crippen LogP) is 5.08. The second-order valence-electron chi connectivity index (χ2n) is 3.66. The van der Waals surface area contributed by atoms with Gasteiger partial charge in [-0.15, -0.1) is 0 Å². The van der Waals surface area contributed by atoms with Crippen molar-refractivity contribution in [3.63, 3.8) is 0 Å². The van der Waals surface area contributed by atoms with Crippen molar-refractivity contribution in [1.29, 1.82) is 0 Å². The Labute approximate surface area is 111 Å². The molecule has 0 spiro atoms. The van der Waals surface area contributed by atoms with Gasteiger partial charge in [-0.2, -0.15) is 13.2 Å². The third kappa shape index (κ3) is 2.91. The van der Waals surface area contributed by atoms with Crippen molar-refractivity contribution in [3.05, 3.63) is 51.6 Å². The van der Waals surface area contributed by atoms with E-state index in [4.69, 9.17) is 23.8 Å². The zero-order valence-corrected chi connectivity index (χ0v) is 10.5. The minimum atomic E-state index is -4.42. The van der Waals surface area contributed by atoms with Crippen LogP contribution in [0.2, 0.25) is 5.02 Å². The van der Waals surface area contributed by atoms with Crippen LogP contribution in [0.3, 0.4) is 0 Å². The molecule has 0 bridgehead atoms. The molecule has 1 heterocycles. The fourth-order valence-electron chi connectivity index (χ4n) is 1.52. The number of rotatable bonds is 1. The smallest absolute Gasteiger partial charge is 0.346 e. The molecule has 2 aromatic rings. The van der Waals surface area contributed by atoms with Crippen molar-refractivity contribution in [2.75, 3.05) is 0 Å². The van der Waals surface area contributed by atoms with Gasteiger partial charge < -0.3 is 4.98 Å². The number of aromatic amines is 1. The molecule has 0 radical (unpaired) electrons. The van der Waals surface area contributed by atoms with Crippen molar-refractivity contribution in [2.24, 2.45) is 0 Å². The second-order valence-corrected chi connectivity index (χ2v) is 4.53. The summed E-state index contributed by atoms with van der Waals surface area (Å²) < 4.78 is 38.0. The number of pyridine rings is 1. The third-order valence-electron chi connectivity index (χ3n) is 2.31. The number of halogens is 4. The Kier molecular flexibility index (Phi) is 3.45. The first-order valence-electron chi connectivity index (χ1n) is 4.94. The van der Waals surface area contributed by atoms with E-state index in [1.54, 1.807) is 24.3 Å². The van der Waals surface area contributed by atoms with Crippen LogP contribution in [0.4, 0.5) is 13.2 Å². The summed E-state index contributed by atoms with van der Waals surface area (Å²) in [7, 11) is 0. The molecule has 1 aromatic carbocycles. The number of hydrogen-bond donors (Lipinski definition) is 1. The minimum absolute atomic E-state index is 0.0276. The van der Waals surface area contributed by atoms with E-state index >= 15 is 0 Å². The molecular formula is C12H7ClF3NS. The van der Waals surface area contributed by atoms with Crippen LogP contribution >= 0.6 is 23.8 Å². The standard InChI is InChI=1S/C12H7ClF3NS/c13-9-3-1-2-7(4-9)10-5-8(12(14,15)16)6-11(18)17-10/h1-6H,(H,17,18). The van der Waals surface area contributed by atoms with Gasteiger partial charge in [0.25, 0.3) is 0 Å². The molecule has 0 aliphatic heterocycles. The molecule has 0 fully saturated rings. The van der Waals surface area contributed by atoms with Gasteiger partial charge in [0, 0.05) is 10.7 Å². The van der Waals surface area contributed by atoms with Crippen LogP contribution in [-0.2, 0) is 6.18 Å². The zero-order valence-electron chi connectivity index (χ0n) is 8.88. The van der Waals surface area contributed by atoms with Crippen molar-refractivity contribution in [3.8, 4) is 11.3 Å². The molecule has 0 saturated heterocycles. The fraction of sp³-hybridized carbons (Fsp3) is 0.0833. The quantitative estimate of drug-likeness (QED) is 0.724. The highest BCUT2D eigenvalue weighted by atomic mass is 35.5. The Bertz CT molecular complexity index is 634. The van der Waals surface area contributed by atoms with Crippen molar-refractivity contribution < 1.29 is 13.2 Å². The topological polar surface area (TPSA) is 15.8 Å². The average Bonchev–Trinajstić information content (AvgIpc) is 2.27. The van der Waals surface area contributed by atoms with E-state index in [2.05, 4.69) is 4.98 Å². The molecular weight excluding hydrogens is 283 g/mol. The van der Waals surface area contributed by atoms with E-state index in [0.29, 0.717) is 10.6 Å². The van der Waals surface area contributed by atoms with Gasteiger partial charge >= 0.3 is 6.18 Å². The molecule has 6 heteroatoms. The maximum Gasteiger partial charge on any atom is 0.416 e. The zero-order chi connectivity index (χ0) is 13.3. The lowest BCUT2D eigenvalue weighted by Crippen LogP contribution is -2.05. The van der Waals surface area contributed by atoms with Gasteiger partial charge in [-0.3, -0.25) is 0 Å². The Balaban J connectivity index is 2.59. The van der Waals surface area contributed by atoms with Crippen LogP contribution in [0.5, 0.6) is 0 Å². The highest BCUT2D eigenvalue weighted by molar-refractivity contribution is 7.71. The predicted molar refractivity (Wildman–Crippen MR) is 67.1 cm³/mol. The van der Waals surface area contributed by atoms with E-state index in [-0.39, 0.29) is 10.3 Å². The number of aromatic nitrogens is 1. The SMILES string of the molecule is FC(F)(F)c1cc(-c2cccc(Cl)c2)[nH]c(=S)c1. The molecule has 1 aromatic heterocycles. The van der Waals surface area contributed by atoms with Crippen molar-refractivity contribution >= 4 is 23.8 Å². The third-order valence-corrected chi connectivity index (χ3v) is 2.76. The molecule has 94 valence electrons. The maximum absolute atomic E-state index is 12.7. The largest absolute Gasteiger partial charge is 0.416 e. The van der Waals surface area contributed by atoms with Crippen LogP contribution in [-0.4, -0.2) is 4.98 Å². The summed E-state index contributed by atoms with van der Waals surface area (Å²) >= 11 is 10.6. The van der Waals surface area contributed by atoms with E-state index in [1.807, 2.05) is 0 Å². The first-order valence-corrected chi connectivity index (χ1v) is 5.72. The molecule has 0 aliphatic carbocycles. The Morgan fingerprint density at radius 1 is 1.11 bits per heavy atom. The summed E-state index contributed by atoms with van der Waals surface area (Å²) in [5, 5.41) is 0.448.